The largest absolute Gasteiger partial charge is 0.310 e. The quantitative estimate of drug-likeness (QED) is 0.781. The van der Waals surface area contributed by atoms with E-state index in [1.165, 1.54) is 6.07 Å². The highest BCUT2D eigenvalue weighted by molar-refractivity contribution is 6.30. The monoisotopic (exact) mass is 309 g/mol. The number of rotatable bonds is 5. The second kappa shape index (κ2) is 7.01. The number of benzene rings is 2. The summed E-state index contributed by atoms with van der Waals surface area (Å²) in [6.45, 7) is 4.62. The van der Waals surface area contributed by atoms with Crippen LogP contribution >= 0.6 is 11.6 Å². The Morgan fingerprint density at radius 3 is 2.52 bits per heavy atom. The summed E-state index contributed by atoms with van der Waals surface area (Å²) in [5.74, 6) is -1.08. The Bertz CT molecular complexity index is 628. The molecule has 0 spiro atoms. The molecular formula is C17H18ClF2N. The third kappa shape index (κ3) is 3.80. The van der Waals surface area contributed by atoms with Crippen molar-refractivity contribution in [3.63, 3.8) is 0 Å². The van der Waals surface area contributed by atoms with Gasteiger partial charge in [-0.3, -0.25) is 0 Å². The Balaban J connectivity index is 2.35. The number of halogens is 3. The van der Waals surface area contributed by atoms with E-state index in [0.29, 0.717) is 18.5 Å². The van der Waals surface area contributed by atoms with Gasteiger partial charge in [0.05, 0.1) is 5.02 Å². The summed E-state index contributed by atoms with van der Waals surface area (Å²) in [5.41, 5.74) is 2.55. The third-order valence-corrected chi connectivity index (χ3v) is 3.84. The maximum absolute atomic E-state index is 14.1. The van der Waals surface area contributed by atoms with Crippen molar-refractivity contribution in [2.24, 2.45) is 0 Å². The maximum atomic E-state index is 14.1. The zero-order valence-electron chi connectivity index (χ0n) is 12.1. The molecule has 0 amide bonds. The number of nitrogens with one attached hydrogen (secondary N) is 1. The molecule has 0 bridgehead atoms. The predicted molar refractivity (Wildman–Crippen MR) is 82.7 cm³/mol. The van der Waals surface area contributed by atoms with Gasteiger partial charge in [0, 0.05) is 11.6 Å². The molecule has 1 nitrogen and oxygen atoms in total. The Kier molecular flexibility index (Phi) is 5.32. The van der Waals surface area contributed by atoms with Gasteiger partial charge in [-0.1, -0.05) is 42.8 Å². The van der Waals surface area contributed by atoms with Crippen LogP contribution in [0.3, 0.4) is 0 Å². The number of likely N-dealkylation sites (N-methyl/N-ethyl adjacent to an activating group) is 1. The highest BCUT2D eigenvalue weighted by Crippen LogP contribution is 2.27. The van der Waals surface area contributed by atoms with E-state index in [4.69, 9.17) is 11.6 Å². The molecule has 1 N–H and O–H groups in total. The first kappa shape index (κ1) is 15.9. The molecule has 0 aromatic heterocycles. The topological polar surface area (TPSA) is 12.0 Å². The molecule has 0 aliphatic rings. The van der Waals surface area contributed by atoms with Crippen molar-refractivity contribution < 1.29 is 8.78 Å². The molecule has 21 heavy (non-hydrogen) atoms. The molecule has 0 aliphatic carbocycles. The van der Waals surface area contributed by atoms with E-state index in [0.717, 1.165) is 17.2 Å². The predicted octanol–water partition coefficient (Wildman–Crippen LogP) is 4.82. The average Bonchev–Trinajstić information content (AvgIpc) is 2.45. The first-order valence-corrected chi connectivity index (χ1v) is 7.33. The van der Waals surface area contributed by atoms with E-state index in [-0.39, 0.29) is 11.1 Å². The zero-order chi connectivity index (χ0) is 15.4. The minimum atomic E-state index is -0.597. The van der Waals surface area contributed by atoms with Crippen LogP contribution in [0.5, 0.6) is 0 Å². The lowest BCUT2D eigenvalue weighted by molar-refractivity contribution is 0.501. The average molecular weight is 310 g/mol. The van der Waals surface area contributed by atoms with Gasteiger partial charge in [-0.25, -0.2) is 8.78 Å². The Hall–Kier alpha value is -1.45. The molecular weight excluding hydrogens is 292 g/mol. The van der Waals surface area contributed by atoms with Crippen molar-refractivity contribution in [1.29, 1.82) is 0 Å². The van der Waals surface area contributed by atoms with E-state index < -0.39 is 11.6 Å². The summed E-state index contributed by atoms with van der Waals surface area (Å²) in [7, 11) is 0. The lowest BCUT2D eigenvalue weighted by Gasteiger charge is -2.20. The van der Waals surface area contributed by atoms with Crippen LogP contribution in [0, 0.1) is 18.6 Å². The summed E-state index contributed by atoms with van der Waals surface area (Å²) in [6.07, 6.45) is 0.596. The van der Waals surface area contributed by atoms with Gasteiger partial charge in [-0.15, -0.1) is 0 Å². The summed E-state index contributed by atoms with van der Waals surface area (Å²) < 4.78 is 27.8. The minimum absolute atomic E-state index is 0.192. The van der Waals surface area contributed by atoms with Crippen molar-refractivity contribution in [3.05, 3.63) is 69.7 Å². The molecule has 0 heterocycles. The van der Waals surface area contributed by atoms with Gasteiger partial charge in [0.1, 0.15) is 11.6 Å². The van der Waals surface area contributed by atoms with Crippen LogP contribution in [0.25, 0.3) is 0 Å². The molecule has 1 unspecified atom stereocenters. The molecule has 1 atom stereocenters. The van der Waals surface area contributed by atoms with Crippen molar-refractivity contribution in [2.75, 3.05) is 6.54 Å². The van der Waals surface area contributed by atoms with Crippen LogP contribution in [0.1, 0.15) is 29.7 Å². The molecule has 0 fully saturated rings. The highest BCUT2D eigenvalue weighted by atomic mass is 35.5. The Morgan fingerprint density at radius 1 is 1.14 bits per heavy atom. The van der Waals surface area contributed by atoms with Gasteiger partial charge in [-0.05, 0) is 43.1 Å². The highest BCUT2D eigenvalue weighted by Gasteiger charge is 2.18. The molecule has 0 saturated heterocycles. The number of hydrogen-bond donors (Lipinski definition) is 1. The lowest BCUT2D eigenvalue weighted by Crippen LogP contribution is -2.24. The zero-order valence-corrected chi connectivity index (χ0v) is 12.8. The van der Waals surface area contributed by atoms with E-state index in [1.54, 1.807) is 0 Å². The minimum Gasteiger partial charge on any atom is -0.310 e. The van der Waals surface area contributed by atoms with Crippen molar-refractivity contribution in [3.8, 4) is 0 Å². The number of aryl methyl sites for hydroxylation is 1. The van der Waals surface area contributed by atoms with Crippen LogP contribution in [-0.4, -0.2) is 6.54 Å². The normalized spacial score (nSPS) is 12.4. The molecule has 2 aromatic rings. The van der Waals surface area contributed by atoms with Gasteiger partial charge < -0.3 is 5.32 Å². The molecule has 112 valence electrons. The summed E-state index contributed by atoms with van der Waals surface area (Å²) in [5, 5.41) is 3.02. The van der Waals surface area contributed by atoms with Crippen LogP contribution in [-0.2, 0) is 6.42 Å². The van der Waals surface area contributed by atoms with Gasteiger partial charge in [-0.2, -0.15) is 0 Å². The molecule has 4 heteroatoms. The van der Waals surface area contributed by atoms with E-state index in [2.05, 4.69) is 5.32 Å². The van der Waals surface area contributed by atoms with Gasteiger partial charge >= 0.3 is 0 Å². The maximum Gasteiger partial charge on any atom is 0.142 e. The van der Waals surface area contributed by atoms with Gasteiger partial charge in [0.15, 0.2) is 0 Å². The Labute approximate surface area is 128 Å². The second-order valence-electron chi connectivity index (χ2n) is 5.03. The van der Waals surface area contributed by atoms with Gasteiger partial charge in [0.25, 0.3) is 0 Å². The van der Waals surface area contributed by atoms with Crippen LogP contribution < -0.4 is 5.32 Å². The summed E-state index contributed by atoms with van der Waals surface area (Å²) in [6, 6.07) is 9.86. The van der Waals surface area contributed by atoms with Crippen LogP contribution in [0.15, 0.2) is 36.4 Å². The molecule has 2 rings (SSSR count). The fourth-order valence-electron chi connectivity index (χ4n) is 2.40. The number of hydrogen-bond acceptors (Lipinski definition) is 1. The van der Waals surface area contributed by atoms with E-state index >= 15 is 0 Å². The van der Waals surface area contributed by atoms with Crippen molar-refractivity contribution >= 4 is 11.6 Å². The first-order valence-electron chi connectivity index (χ1n) is 6.95. The van der Waals surface area contributed by atoms with Crippen molar-refractivity contribution in [2.45, 2.75) is 26.3 Å². The second-order valence-corrected chi connectivity index (χ2v) is 5.44. The molecule has 0 aliphatic heterocycles. The van der Waals surface area contributed by atoms with E-state index in [9.17, 15) is 8.78 Å². The third-order valence-electron chi connectivity index (χ3n) is 3.55. The van der Waals surface area contributed by atoms with E-state index in [1.807, 2.05) is 38.1 Å². The lowest BCUT2D eigenvalue weighted by atomic mass is 9.95. The molecule has 2 aromatic carbocycles. The smallest absolute Gasteiger partial charge is 0.142 e. The Morgan fingerprint density at radius 2 is 1.86 bits per heavy atom. The fraction of sp³-hybridized carbons (Fsp3) is 0.294. The molecule has 0 radical (unpaired) electrons. The van der Waals surface area contributed by atoms with Gasteiger partial charge in [0.2, 0.25) is 0 Å². The summed E-state index contributed by atoms with van der Waals surface area (Å²) >= 11 is 5.62. The molecule has 0 saturated carbocycles. The van der Waals surface area contributed by atoms with Crippen molar-refractivity contribution in [1.82, 2.24) is 5.32 Å². The van der Waals surface area contributed by atoms with Crippen LogP contribution in [0.4, 0.5) is 8.78 Å². The first-order chi connectivity index (χ1) is 10.0. The van der Waals surface area contributed by atoms with Crippen LogP contribution in [0.2, 0.25) is 5.02 Å². The fourth-order valence-corrected chi connectivity index (χ4v) is 2.55. The summed E-state index contributed by atoms with van der Waals surface area (Å²) in [4.78, 5) is 0. The SMILES string of the molecule is CCNC(Cc1ccccc1C)c1cc(F)c(Cl)cc1F. The standard InChI is InChI=1S/C17H18ClF2N/c1-3-21-17(8-12-7-5-4-6-11(12)2)13-9-16(20)14(18)10-15(13)19/h4-7,9-10,17,21H,3,8H2,1-2H3.